The van der Waals surface area contributed by atoms with Gasteiger partial charge in [-0.15, -0.1) is 11.3 Å². The van der Waals surface area contributed by atoms with E-state index in [1.807, 2.05) is 6.07 Å². The summed E-state index contributed by atoms with van der Waals surface area (Å²) in [6.45, 7) is 0.538. The summed E-state index contributed by atoms with van der Waals surface area (Å²) >= 11 is 2.26. The maximum atomic E-state index is 12.2. The number of hydrogen-bond acceptors (Lipinski definition) is 9. The Balaban J connectivity index is 1.31. The maximum absolute atomic E-state index is 12.2. The molecule has 0 atom stereocenters. The summed E-state index contributed by atoms with van der Waals surface area (Å²) in [5.74, 6) is 0.903. The average Bonchev–Trinajstić information content (AvgIpc) is 3.37. The van der Waals surface area contributed by atoms with Gasteiger partial charge in [0.15, 0.2) is 16.6 Å². The second kappa shape index (κ2) is 7.45. The summed E-state index contributed by atoms with van der Waals surface area (Å²) in [5, 5.41) is 7.68. The van der Waals surface area contributed by atoms with Crippen LogP contribution in [0, 0.1) is 0 Å². The van der Waals surface area contributed by atoms with Gasteiger partial charge >= 0.3 is 0 Å². The molecule has 2 aliphatic rings. The van der Waals surface area contributed by atoms with Gasteiger partial charge in [-0.3, -0.25) is 19.3 Å². The van der Waals surface area contributed by atoms with Crippen LogP contribution in [-0.2, 0) is 4.79 Å². The molecule has 3 amide bonds. The van der Waals surface area contributed by atoms with Crippen molar-refractivity contribution in [1.82, 2.24) is 15.2 Å². The van der Waals surface area contributed by atoms with Crippen molar-refractivity contribution in [2.75, 3.05) is 31.0 Å². The van der Waals surface area contributed by atoms with E-state index in [4.69, 9.17) is 9.47 Å². The molecule has 2 N–H and O–H groups in total. The van der Waals surface area contributed by atoms with E-state index >= 15 is 0 Å². The van der Waals surface area contributed by atoms with Crippen LogP contribution in [0.1, 0.15) is 10.5 Å². The zero-order chi connectivity index (χ0) is 18.8. The normalized spacial score (nSPS) is 15.3. The van der Waals surface area contributed by atoms with Crippen molar-refractivity contribution in [3.05, 3.63) is 29.3 Å². The highest BCUT2D eigenvalue weighted by molar-refractivity contribution is 8.14. The summed E-state index contributed by atoms with van der Waals surface area (Å²) < 4.78 is 10.6. The fourth-order valence-electron chi connectivity index (χ4n) is 2.50. The van der Waals surface area contributed by atoms with Crippen LogP contribution in [0.15, 0.2) is 23.6 Å². The van der Waals surface area contributed by atoms with Gasteiger partial charge in [0.1, 0.15) is 5.69 Å². The molecule has 1 aromatic carbocycles. The first-order valence-corrected chi connectivity index (χ1v) is 9.84. The zero-order valence-electron chi connectivity index (χ0n) is 13.9. The number of rotatable bonds is 6. The number of nitrogens with zero attached hydrogens (tertiary/aromatic N) is 2. The first kappa shape index (κ1) is 17.6. The van der Waals surface area contributed by atoms with E-state index in [1.54, 1.807) is 17.5 Å². The molecule has 0 spiro atoms. The Labute approximate surface area is 162 Å². The van der Waals surface area contributed by atoms with Gasteiger partial charge in [0, 0.05) is 30.2 Å². The molecule has 0 radical (unpaired) electrons. The van der Waals surface area contributed by atoms with Gasteiger partial charge in [-0.2, -0.15) is 0 Å². The van der Waals surface area contributed by atoms with Crippen LogP contribution in [0.5, 0.6) is 11.5 Å². The third-order valence-corrected chi connectivity index (χ3v) is 5.44. The number of amides is 3. The van der Waals surface area contributed by atoms with Crippen molar-refractivity contribution in [2.24, 2.45) is 0 Å². The van der Waals surface area contributed by atoms with E-state index in [0.29, 0.717) is 16.6 Å². The van der Waals surface area contributed by atoms with Gasteiger partial charge in [0.25, 0.3) is 11.1 Å². The smallest absolute Gasteiger partial charge is 0.288 e. The van der Waals surface area contributed by atoms with E-state index in [2.05, 4.69) is 15.6 Å². The standard InChI is InChI=1S/C16H14N4O5S2/c21-13-7-27-16(23)20(13)4-3-17-14(22)10-6-26-15(19-10)18-9-1-2-11-12(5-9)25-8-24-11/h1-2,5-6H,3-4,7-8H2,(H,17,22)(H,18,19). The van der Waals surface area contributed by atoms with Crippen LogP contribution in [-0.4, -0.2) is 52.6 Å². The first-order valence-electron chi connectivity index (χ1n) is 7.98. The van der Waals surface area contributed by atoms with Crippen LogP contribution >= 0.6 is 23.1 Å². The number of carbonyl (C=O) groups is 3. The number of imide groups is 1. The minimum absolute atomic E-state index is 0.156. The second-order valence-electron chi connectivity index (χ2n) is 5.59. The molecular formula is C16H14N4O5S2. The molecule has 1 aromatic heterocycles. The van der Waals surface area contributed by atoms with Crippen molar-refractivity contribution in [1.29, 1.82) is 0 Å². The van der Waals surface area contributed by atoms with E-state index < -0.39 is 0 Å². The summed E-state index contributed by atoms with van der Waals surface area (Å²) in [7, 11) is 0. The lowest BCUT2D eigenvalue weighted by atomic mass is 10.3. The topological polar surface area (TPSA) is 110 Å². The Morgan fingerprint density at radius 2 is 2.11 bits per heavy atom. The second-order valence-corrected chi connectivity index (χ2v) is 7.37. The fraction of sp³-hybridized carbons (Fsp3) is 0.250. The van der Waals surface area contributed by atoms with Gasteiger partial charge in [-0.25, -0.2) is 4.98 Å². The molecule has 140 valence electrons. The molecule has 27 heavy (non-hydrogen) atoms. The molecule has 2 aromatic rings. The average molecular weight is 406 g/mol. The number of anilines is 2. The maximum Gasteiger partial charge on any atom is 0.288 e. The third-order valence-electron chi connectivity index (χ3n) is 3.82. The number of aromatic nitrogens is 1. The van der Waals surface area contributed by atoms with Gasteiger partial charge in [0.05, 0.1) is 5.75 Å². The number of hydrogen-bond donors (Lipinski definition) is 2. The highest BCUT2D eigenvalue weighted by Gasteiger charge is 2.29. The predicted molar refractivity (Wildman–Crippen MR) is 99.9 cm³/mol. The first-order chi connectivity index (χ1) is 13.1. The molecule has 2 aliphatic heterocycles. The lowest BCUT2D eigenvalue weighted by molar-refractivity contribution is -0.124. The van der Waals surface area contributed by atoms with Crippen LogP contribution in [0.3, 0.4) is 0 Å². The fourth-order valence-corrected chi connectivity index (χ4v) is 3.96. The molecule has 9 nitrogen and oxygen atoms in total. The predicted octanol–water partition coefficient (Wildman–Crippen LogP) is 2.04. The summed E-state index contributed by atoms with van der Waals surface area (Å²) in [6.07, 6.45) is 0. The lowest BCUT2D eigenvalue weighted by Gasteiger charge is -2.12. The number of nitrogens with one attached hydrogen (secondary N) is 2. The minimum Gasteiger partial charge on any atom is -0.454 e. The van der Waals surface area contributed by atoms with Crippen molar-refractivity contribution >= 4 is 51.0 Å². The number of thiazole rings is 1. The van der Waals surface area contributed by atoms with Crippen LogP contribution in [0.2, 0.25) is 0 Å². The molecule has 0 bridgehead atoms. The largest absolute Gasteiger partial charge is 0.454 e. The number of benzene rings is 1. The van der Waals surface area contributed by atoms with E-state index in [0.717, 1.165) is 22.3 Å². The molecule has 11 heteroatoms. The Morgan fingerprint density at radius 3 is 2.93 bits per heavy atom. The Hall–Kier alpha value is -2.79. The van der Waals surface area contributed by atoms with Gasteiger partial charge in [-0.05, 0) is 12.1 Å². The number of fused-ring (bicyclic) bond motifs is 1. The third kappa shape index (κ3) is 3.83. The van der Waals surface area contributed by atoms with Crippen molar-refractivity contribution in [3.63, 3.8) is 0 Å². The summed E-state index contributed by atoms with van der Waals surface area (Å²) in [6, 6.07) is 5.42. The van der Waals surface area contributed by atoms with Crippen molar-refractivity contribution in [2.45, 2.75) is 0 Å². The molecule has 3 heterocycles. The van der Waals surface area contributed by atoms with E-state index in [9.17, 15) is 14.4 Å². The van der Waals surface area contributed by atoms with Gasteiger partial charge in [-0.1, -0.05) is 11.8 Å². The minimum atomic E-state index is -0.364. The Bertz CT molecular complexity index is 900. The zero-order valence-corrected chi connectivity index (χ0v) is 15.5. The van der Waals surface area contributed by atoms with Crippen molar-refractivity contribution < 1.29 is 23.9 Å². The summed E-state index contributed by atoms with van der Waals surface area (Å²) in [5.41, 5.74) is 1.03. The molecule has 0 aliphatic carbocycles. The molecule has 0 saturated carbocycles. The quantitative estimate of drug-likeness (QED) is 0.750. The van der Waals surface area contributed by atoms with Crippen LogP contribution in [0.25, 0.3) is 0 Å². The highest BCUT2D eigenvalue weighted by Crippen LogP contribution is 2.35. The Morgan fingerprint density at radius 1 is 1.26 bits per heavy atom. The Kier molecular flexibility index (Phi) is 4.86. The number of ether oxygens (including phenoxy) is 2. The number of carbonyl (C=O) groups excluding carboxylic acids is 3. The molecule has 1 fully saturated rings. The number of thioether (sulfide) groups is 1. The molecule has 4 rings (SSSR count). The molecular weight excluding hydrogens is 392 g/mol. The van der Waals surface area contributed by atoms with Crippen molar-refractivity contribution in [3.8, 4) is 11.5 Å². The van der Waals surface area contributed by atoms with Gasteiger partial charge in [0.2, 0.25) is 12.7 Å². The lowest BCUT2D eigenvalue weighted by Crippen LogP contribution is -2.37. The van der Waals surface area contributed by atoms with E-state index in [1.165, 1.54) is 11.3 Å². The van der Waals surface area contributed by atoms with Gasteiger partial charge < -0.3 is 20.1 Å². The monoisotopic (exact) mass is 406 g/mol. The summed E-state index contributed by atoms with van der Waals surface area (Å²) in [4.78, 5) is 40.6. The molecule has 1 saturated heterocycles. The highest BCUT2D eigenvalue weighted by atomic mass is 32.2. The SMILES string of the molecule is O=C(NCCN1C(=O)CSC1=O)c1csc(Nc2ccc3c(c2)OCO3)n1. The van der Waals surface area contributed by atoms with Crippen LogP contribution in [0.4, 0.5) is 15.6 Å². The molecule has 0 unspecified atom stereocenters. The van der Waals surface area contributed by atoms with E-state index in [-0.39, 0.29) is 48.4 Å². The van der Waals surface area contributed by atoms with Crippen LogP contribution < -0.4 is 20.1 Å².